The van der Waals surface area contributed by atoms with Gasteiger partial charge in [0.15, 0.2) is 0 Å². The van der Waals surface area contributed by atoms with Gasteiger partial charge in [-0.05, 0) is 26.0 Å². The first kappa shape index (κ1) is 19.8. The van der Waals surface area contributed by atoms with E-state index < -0.39 is 34.0 Å². The molecule has 1 N–H and O–H groups in total. The van der Waals surface area contributed by atoms with Crippen LogP contribution in [-0.2, 0) is 19.6 Å². The summed E-state index contributed by atoms with van der Waals surface area (Å²) < 4.78 is 56.6. The molecule has 0 atom stereocenters. The second-order valence-electron chi connectivity index (χ2n) is 4.79. The SMILES string of the molecule is C=CCC(F)(F)/C(=N\NS(=O)(=O)c1ccc(C)cc1)C(=O)OCC. The van der Waals surface area contributed by atoms with Crippen LogP contribution < -0.4 is 4.83 Å². The average molecular weight is 360 g/mol. The number of nitrogens with one attached hydrogen (secondary N) is 1. The maximum atomic E-state index is 14.0. The molecule has 6 nitrogen and oxygen atoms in total. The van der Waals surface area contributed by atoms with Crippen LogP contribution in [-0.4, -0.2) is 32.6 Å². The second kappa shape index (κ2) is 8.00. The van der Waals surface area contributed by atoms with Crippen molar-refractivity contribution in [3.8, 4) is 0 Å². The van der Waals surface area contributed by atoms with Crippen molar-refractivity contribution in [3.05, 3.63) is 42.5 Å². The number of alkyl halides is 2. The fraction of sp³-hybridized carbons (Fsp3) is 0.333. The van der Waals surface area contributed by atoms with Crippen LogP contribution in [0.25, 0.3) is 0 Å². The second-order valence-corrected chi connectivity index (χ2v) is 6.45. The number of esters is 1. The van der Waals surface area contributed by atoms with Gasteiger partial charge in [0, 0.05) is 6.42 Å². The molecule has 0 fully saturated rings. The van der Waals surface area contributed by atoms with Crippen LogP contribution in [0.1, 0.15) is 18.9 Å². The van der Waals surface area contributed by atoms with Gasteiger partial charge in [0.2, 0.25) is 5.71 Å². The quantitative estimate of drug-likeness (QED) is 0.334. The van der Waals surface area contributed by atoms with Gasteiger partial charge in [0.1, 0.15) is 0 Å². The maximum Gasteiger partial charge on any atom is 0.360 e. The number of hydrogen-bond donors (Lipinski definition) is 1. The van der Waals surface area contributed by atoms with E-state index >= 15 is 0 Å². The monoisotopic (exact) mass is 360 g/mol. The minimum atomic E-state index is -4.20. The highest BCUT2D eigenvalue weighted by molar-refractivity contribution is 7.89. The molecule has 0 amide bonds. The lowest BCUT2D eigenvalue weighted by Crippen LogP contribution is -2.38. The van der Waals surface area contributed by atoms with E-state index in [1.54, 1.807) is 11.8 Å². The molecular weight excluding hydrogens is 342 g/mol. The van der Waals surface area contributed by atoms with Crippen molar-refractivity contribution >= 4 is 21.7 Å². The van der Waals surface area contributed by atoms with Gasteiger partial charge in [-0.3, -0.25) is 0 Å². The molecule has 0 aromatic heterocycles. The summed E-state index contributed by atoms with van der Waals surface area (Å²) in [5, 5.41) is 3.11. The molecule has 0 saturated carbocycles. The molecule has 0 bridgehead atoms. The van der Waals surface area contributed by atoms with Crippen molar-refractivity contribution in [1.29, 1.82) is 0 Å². The van der Waals surface area contributed by atoms with Gasteiger partial charge in [0.25, 0.3) is 10.0 Å². The van der Waals surface area contributed by atoms with Crippen molar-refractivity contribution in [2.75, 3.05) is 6.61 Å². The molecular formula is C15H18F2N2O4S. The topological polar surface area (TPSA) is 84.8 Å². The van der Waals surface area contributed by atoms with E-state index in [4.69, 9.17) is 0 Å². The van der Waals surface area contributed by atoms with Gasteiger partial charge in [-0.25, -0.2) is 4.79 Å². The first-order valence-corrected chi connectivity index (χ1v) is 8.45. The van der Waals surface area contributed by atoms with Crippen LogP contribution in [0.15, 0.2) is 46.9 Å². The van der Waals surface area contributed by atoms with Crippen molar-refractivity contribution in [1.82, 2.24) is 4.83 Å². The average Bonchev–Trinajstić information content (AvgIpc) is 2.47. The van der Waals surface area contributed by atoms with Gasteiger partial charge >= 0.3 is 11.9 Å². The third-order valence-electron chi connectivity index (χ3n) is 2.82. The van der Waals surface area contributed by atoms with E-state index in [1.165, 1.54) is 31.2 Å². The molecule has 0 aliphatic rings. The Kier molecular flexibility index (Phi) is 6.59. The van der Waals surface area contributed by atoms with Crippen LogP contribution in [0.3, 0.4) is 0 Å². The molecule has 0 heterocycles. The number of sulfonamides is 1. The number of benzene rings is 1. The third-order valence-corrected chi connectivity index (χ3v) is 4.05. The zero-order chi connectivity index (χ0) is 18.4. The fourth-order valence-electron chi connectivity index (χ4n) is 1.63. The van der Waals surface area contributed by atoms with Crippen LogP contribution in [0, 0.1) is 6.92 Å². The first-order chi connectivity index (χ1) is 11.1. The van der Waals surface area contributed by atoms with E-state index in [9.17, 15) is 22.0 Å². The van der Waals surface area contributed by atoms with Gasteiger partial charge < -0.3 is 4.74 Å². The normalized spacial score (nSPS) is 12.6. The summed E-state index contributed by atoms with van der Waals surface area (Å²) in [6.07, 6.45) is 0.000124. The standard InChI is InChI=1S/C15H18F2N2O4S/c1-4-10-15(16,17)13(14(20)23-5-2)18-19-24(21,22)12-8-6-11(3)7-9-12/h4,6-9,19H,1,5,10H2,2-3H3/b18-13-. The van der Waals surface area contributed by atoms with E-state index in [2.05, 4.69) is 16.4 Å². The summed E-state index contributed by atoms with van der Waals surface area (Å²) in [5.41, 5.74) is -0.512. The van der Waals surface area contributed by atoms with Gasteiger partial charge in [0.05, 0.1) is 11.5 Å². The Labute approximate surface area is 139 Å². The number of aryl methyl sites for hydroxylation is 1. The Hall–Kier alpha value is -2.29. The fourth-order valence-corrected chi connectivity index (χ4v) is 2.44. The van der Waals surface area contributed by atoms with Gasteiger partial charge in [-0.1, -0.05) is 23.8 Å². The minimum Gasteiger partial charge on any atom is -0.461 e. The molecule has 1 rings (SSSR count). The lowest BCUT2D eigenvalue weighted by atomic mass is 10.1. The molecule has 0 unspecified atom stereocenters. The number of allylic oxidation sites excluding steroid dienone is 1. The lowest BCUT2D eigenvalue weighted by molar-refractivity contribution is -0.136. The van der Waals surface area contributed by atoms with Crippen LogP contribution in [0.5, 0.6) is 0 Å². The summed E-state index contributed by atoms with van der Waals surface area (Å²) >= 11 is 0. The van der Waals surface area contributed by atoms with E-state index in [0.717, 1.165) is 11.6 Å². The van der Waals surface area contributed by atoms with Gasteiger partial charge in [-0.2, -0.15) is 27.1 Å². The zero-order valence-electron chi connectivity index (χ0n) is 13.3. The van der Waals surface area contributed by atoms with Crippen LogP contribution in [0.2, 0.25) is 0 Å². The van der Waals surface area contributed by atoms with Crippen LogP contribution in [0.4, 0.5) is 8.78 Å². The number of carbonyl (C=O) groups is 1. The third kappa shape index (κ3) is 5.12. The molecule has 9 heteroatoms. The number of carbonyl (C=O) groups excluding carboxylic acids is 1. The summed E-state index contributed by atoms with van der Waals surface area (Å²) in [5.74, 6) is -5.12. The van der Waals surface area contributed by atoms with Crippen molar-refractivity contribution in [2.45, 2.75) is 31.1 Å². The Balaban J connectivity index is 3.16. The maximum absolute atomic E-state index is 14.0. The van der Waals surface area contributed by atoms with E-state index in [-0.39, 0.29) is 11.5 Å². The molecule has 0 aliphatic carbocycles. The Morgan fingerprint density at radius 1 is 1.38 bits per heavy atom. The van der Waals surface area contributed by atoms with E-state index in [1.807, 2.05) is 0 Å². The molecule has 0 spiro atoms. The number of ether oxygens (including phenoxy) is 1. The zero-order valence-corrected chi connectivity index (χ0v) is 14.1. The van der Waals surface area contributed by atoms with Crippen molar-refractivity contribution in [3.63, 3.8) is 0 Å². The van der Waals surface area contributed by atoms with Crippen molar-refractivity contribution in [2.24, 2.45) is 5.10 Å². The first-order valence-electron chi connectivity index (χ1n) is 6.96. The van der Waals surface area contributed by atoms with E-state index in [0.29, 0.717) is 0 Å². The summed E-state index contributed by atoms with van der Waals surface area (Å²) in [6.45, 7) is 6.20. The molecule has 0 saturated heterocycles. The number of nitrogens with zero attached hydrogens (tertiary/aromatic N) is 1. The summed E-state index contributed by atoms with van der Waals surface area (Å²) in [6, 6.07) is 5.66. The number of hydrazone groups is 1. The largest absolute Gasteiger partial charge is 0.461 e. The molecule has 1 aromatic carbocycles. The van der Waals surface area contributed by atoms with Gasteiger partial charge in [-0.15, -0.1) is 6.58 Å². The highest BCUT2D eigenvalue weighted by atomic mass is 32.2. The Morgan fingerprint density at radius 2 is 1.96 bits per heavy atom. The predicted molar refractivity (Wildman–Crippen MR) is 85.3 cm³/mol. The number of hydrogen-bond acceptors (Lipinski definition) is 5. The summed E-state index contributed by atoms with van der Waals surface area (Å²) in [4.78, 5) is 13.1. The molecule has 0 aliphatic heterocycles. The van der Waals surface area contributed by atoms with Crippen LogP contribution >= 0.6 is 0 Å². The van der Waals surface area contributed by atoms with Crippen molar-refractivity contribution < 1.29 is 26.7 Å². The molecule has 132 valence electrons. The number of rotatable bonds is 8. The molecule has 0 radical (unpaired) electrons. The lowest BCUT2D eigenvalue weighted by Gasteiger charge is -2.16. The summed E-state index contributed by atoms with van der Waals surface area (Å²) in [7, 11) is -4.20. The highest BCUT2D eigenvalue weighted by Crippen LogP contribution is 2.22. The smallest absolute Gasteiger partial charge is 0.360 e. The number of halogens is 2. The molecule has 1 aromatic rings. The highest BCUT2D eigenvalue weighted by Gasteiger charge is 2.41. The predicted octanol–water partition coefficient (Wildman–Crippen LogP) is 2.40. The molecule has 24 heavy (non-hydrogen) atoms. The Morgan fingerprint density at radius 3 is 2.46 bits per heavy atom. The minimum absolute atomic E-state index is 0.160. The Bertz CT molecular complexity index is 728.